The summed E-state index contributed by atoms with van der Waals surface area (Å²) in [6.45, 7) is 1.08. The summed E-state index contributed by atoms with van der Waals surface area (Å²) in [5.41, 5.74) is -3.63. The highest BCUT2D eigenvalue weighted by Gasteiger charge is 2.40. The van der Waals surface area contributed by atoms with Crippen LogP contribution in [0.4, 0.5) is 17.6 Å². The molecule has 1 N–H and O–H groups in total. The Morgan fingerprint density at radius 3 is 2.07 bits per heavy atom. The van der Waals surface area contributed by atoms with E-state index in [-0.39, 0.29) is 5.56 Å². The van der Waals surface area contributed by atoms with E-state index < -0.39 is 49.6 Å². The lowest BCUT2D eigenvalue weighted by molar-refractivity contribution is -0.154. The molecular formula is C17H14F4O5S. The van der Waals surface area contributed by atoms with E-state index in [1.165, 1.54) is 0 Å². The van der Waals surface area contributed by atoms with Gasteiger partial charge in [0.05, 0.1) is 10.5 Å². The number of carboxylic acids is 1. The summed E-state index contributed by atoms with van der Waals surface area (Å²) in [6, 6.07) is 6.25. The molecule has 146 valence electrons. The second-order valence-electron chi connectivity index (χ2n) is 5.88. The second-order valence-corrected chi connectivity index (χ2v) is 7.86. The van der Waals surface area contributed by atoms with Crippen molar-refractivity contribution in [3.05, 3.63) is 59.4 Å². The standard InChI is InChI=1S/C17H14F4O5S/c1-16(15(22)23,10-3-5-11(18)6-4-10)26-12-7-8-14(27(2,24)25)13(9-12)17(19,20)21/h3-9H,1-2H3,(H,22,23). The molecule has 0 aliphatic rings. The van der Waals surface area contributed by atoms with Gasteiger partial charge < -0.3 is 9.84 Å². The molecule has 0 saturated heterocycles. The number of aliphatic carboxylic acids is 1. The van der Waals surface area contributed by atoms with Crippen LogP contribution in [-0.4, -0.2) is 25.7 Å². The van der Waals surface area contributed by atoms with Gasteiger partial charge in [-0.05, 0) is 37.3 Å². The van der Waals surface area contributed by atoms with Gasteiger partial charge in [0.15, 0.2) is 9.84 Å². The van der Waals surface area contributed by atoms with Crippen molar-refractivity contribution in [2.24, 2.45) is 0 Å². The molecule has 0 amide bonds. The maximum absolute atomic E-state index is 13.2. The first-order valence-electron chi connectivity index (χ1n) is 7.35. The molecule has 0 saturated carbocycles. The number of benzene rings is 2. The quantitative estimate of drug-likeness (QED) is 0.767. The highest BCUT2D eigenvalue weighted by molar-refractivity contribution is 7.90. The first-order valence-corrected chi connectivity index (χ1v) is 9.24. The predicted octanol–water partition coefficient (Wildman–Crippen LogP) is 3.63. The van der Waals surface area contributed by atoms with Crippen molar-refractivity contribution in [3.8, 4) is 5.75 Å². The lowest BCUT2D eigenvalue weighted by atomic mass is 9.95. The monoisotopic (exact) mass is 406 g/mol. The average Bonchev–Trinajstić information content (AvgIpc) is 2.53. The third-order valence-corrected chi connectivity index (χ3v) is 4.94. The van der Waals surface area contributed by atoms with Gasteiger partial charge in [0.1, 0.15) is 11.6 Å². The van der Waals surface area contributed by atoms with E-state index in [4.69, 9.17) is 4.74 Å². The summed E-state index contributed by atoms with van der Waals surface area (Å²) < 4.78 is 81.2. The largest absolute Gasteiger partial charge is 0.478 e. The van der Waals surface area contributed by atoms with E-state index in [9.17, 15) is 35.9 Å². The minimum atomic E-state index is -5.01. The fourth-order valence-corrected chi connectivity index (χ4v) is 3.24. The third kappa shape index (κ3) is 4.38. The molecule has 0 aliphatic heterocycles. The number of hydrogen-bond acceptors (Lipinski definition) is 4. The number of carboxylic acid groups (broad SMARTS) is 1. The number of hydrogen-bond donors (Lipinski definition) is 1. The van der Waals surface area contributed by atoms with Crippen LogP contribution >= 0.6 is 0 Å². The predicted molar refractivity (Wildman–Crippen MR) is 86.6 cm³/mol. The SMILES string of the molecule is CC(Oc1ccc(S(C)(=O)=O)c(C(F)(F)F)c1)(C(=O)O)c1ccc(F)cc1. The summed E-state index contributed by atoms with van der Waals surface area (Å²) >= 11 is 0. The first-order chi connectivity index (χ1) is 12.2. The lowest BCUT2D eigenvalue weighted by Gasteiger charge is -2.27. The number of rotatable bonds is 5. The van der Waals surface area contributed by atoms with E-state index in [1.54, 1.807) is 0 Å². The minimum Gasteiger partial charge on any atom is -0.478 e. The van der Waals surface area contributed by atoms with Gasteiger partial charge in [0.2, 0.25) is 5.60 Å². The van der Waals surface area contributed by atoms with Crippen LogP contribution in [0.5, 0.6) is 5.75 Å². The van der Waals surface area contributed by atoms with Crippen molar-refractivity contribution in [1.82, 2.24) is 0 Å². The molecule has 27 heavy (non-hydrogen) atoms. The van der Waals surface area contributed by atoms with Crippen LogP contribution in [0.25, 0.3) is 0 Å². The van der Waals surface area contributed by atoms with Crippen LogP contribution < -0.4 is 4.74 Å². The Labute approximate surface area is 152 Å². The molecule has 0 aromatic heterocycles. The smallest absolute Gasteiger partial charge is 0.417 e. The normalized spacial score (nSPS) is 14.4. The van der Waals surface area contributed by atoms with Crippen LogP contribution in [0, 0.1) is 5.82 Å². The summed E-state index contributed by atoms with van der Waals surface area (Å²) in [5.74, 6) is -2.68. The zero-order valence-corrected chi connectivity index (χ0v) is 14.9. The van der Waals surface area contributed by atoms with E-state index >= 15 is 0 Å². The molecule has 2 aromatic carbocycles. The number of carbonyl (C=O) groups is 1. The van der Waals surface area contributed by atoms with Crippen molar-refractivity contribution in [1.29, 1.82) is 0 Å². The molecule has 10 heteroatoms. The molecule has 0 bridgehead atoms. The minimum absolute atomic E-state index is 0.0165. The van der Waals surface area contributed by atoms with Gasteiger partial charge in [-0.25, -0.2) is 17.6 Å². The molecule has 0 radical (unpaired) electrons. The highest BCUT2D eigenvalue weighted by atomic mass is 32.2. The number of sulfone groups is 1. The van der Waals surface area contributed by atoms with Crippen molar-refractivity contribution in [3.63, 3.8) is 0 Å². The van der Waals surface area contributed by atoms with Crippen LogP contribution in [0.2, 0.25) is 0 Å². The van der Waals surface area contributed by atoms with Crippen LogP contribution in [0.1, 0.15) is 18.1 Å². The zero-order chi connectivity index (χ0) is 20.6. The second kappa shape index (κ2) is 6.84. The molecule has 0 heterocycles. The molecule has 0 spiro atoms. The summed E-state index contributed by atoms with van der Waals surface area (Å²) in [7, 11) is -4.18. The zero-order valence-electron chi connectivity index (χ0n) is 14.0. The molecule has 5 nitrogen and oxygen atoms in total. The van der Waals surface area contributed by atoms with Gasteiger partial charge in [0, 0.05) is 11.8 Å². The van der Waals surface area contributed by atoms with Gasteiger partial charge >= 0.3 is 12.1 Å². The first kappa shape index (κ1) is 20.7. The number of alkyl halides is 3. The van der Waals surface area contributed by atoms with E-state index in [1.807, 2.05) is 0 Å². The molecule has 1 unspecified atom stereocenters. The van der Waals surface area contributed by atoms with Gasteiger partial charge in [0.25, 0.3) is 0 Å². The van der Waals surface area contributed by atoms with Gasteiger partial charge in [-0.2, -0.15) is 13.2 Å². The lowest BCUT2D eigenvalue weighted by Crippen LogP contribution is -2.38. The Balaban J connectivity index is 2.57. The molecule has 0 aliphatic carbocycles. The van der Waals surface area contributed by atoms with Crippen molar-refractivity contribution >= 4 is 15.8 Å². The summed E-state index contributed by atoms with van der Waals surface area (Å²) in [6.07, 6.45) is -4.38. The number of ether oxygens (including phenoxy) is 1. The van der Waals surface area contributed by atoms with Gasteiger partial charge in [-0.1, -0.05) is 12.1 Å². The molecule has 1 atom stereocenters. The maximum atomic E-state index is 13.2. The van der Waals surface area contributed by atoms with E-state index in [0.717, 1.165) is 37.3 Å². The highest BCUT2D eigenvalue weighted by Crippen LogP contribution is 2.38. The van der Waals surface area contributed by atoms with Crippen LogP contribution in [0.15, 0.2) is 47.4 Å². The average molecular weight is 406 g/mol. The fourth-order valence-electron chi connectivity index (χ4n) is 2.35. The topological polar surface area (TPSA) is 80.7 Å². The maximum Gasteiger partial charge on any atom is 0.417 e. The van der Waals surface area contributed by atoms with Gasteiger partial charge in [-0.3, -0.25) is 0 Å². The molecule has 2 rings (SSSR count). The van der Waals surface area contributed by atoms with E-state index in [2.05, 4.69) is 0 Å². The Morgan fingerprint density at radius 1 is 1.07 bits per heavy atom. The third-order valence-electron chi connectivity index (χ3n) is 3.78. The Bertz CT molecular complexity index is 968. The summed E-state index contributed by atoms with van der Waals surface area (Å²) in [5, 5.41) is 9.49. The number of halogens is 4. The van der Waals surface area contributed by atoms with Crippen molar-refractivity contribution in [2.75, 3.05) is 6.26 Å². The van der Waals surface area contributed by atoms with Crippen molar-refractivity contribution in [2.45, 2.75) is 23.6 Å². The fraction of sp³-hybridized carbons (Fsp3) is 0.235. The Morgan fingerprint density at radius 2 is 1.63 bits per heavy atom. The molecular weight excluding hydrogens is 392 g/mol. The summed E-state index contributed by atoms with van der Waals surface area (Å²) in [4.78, 5) is 10.7. The van der Waals surface area contributed by atoms with Crippen molar-refractivity contribution < 1.29 is 40.6 Å². The van der Waals surface area contributed by atoms with Gasteiger partial charge in [-0.15, -0.1) is 0 Å². The molecule has 2 aromatic rings. The van der Waals surface area contributed by atoms with E-state index in [0.29, 0.717) is 18.4 Å². The Hall–Kier alpha value is -2.62. The molecule has 0 fully saturated rings. The van der Waals surface area contributed by atoms with Crippen LogP contribution in [-0.2, 0) is 26.4 Å². The van der Waals surface area contributed by atoms with Crippen LogP contribution in [0.3, 0.4) is 0 Å². The Kier molecular flexibility index (Phi) is 5.24.